The molecule has 0 radical (unpaired) electrons. The molecule has 0 spiro atoms. The maximum absolute atomic E-state index is 13.7. The lowest BCUT2D eigenvalue weighted by atomic mass is 10.0. The highest BCUT2D eigenvalue weighted by Gasteiger charge is 2.08. The van der Waals surface area contributed by atoms with E-state index in [1.807, 2.05) is 54.6 Å². The minimum atomic E-state index is -0.638. The summed E-state index contributed by atoms with van der Waals surface area (Å²) in [5.74, 6) is -0.763. The number of ketones is 1. The molecule has 3 aromatic carbocycles. The molecular weight excluding hydrogens is 383 g/mol. The molecule has 5 heteroatoms. The molecular formula is C25H21FO4. The van der Waals surface area contributed by atoms with Crippen LogP contribution in [0, 0.1) is 5.82 Å². The lowest BCUT2D eigenvalue weighted by molar-refractivity contribution is -0.132. The van der Waals surface area contributed by atoms with Gasteiger partial charge in [0, 0.05) is 13.3 Å². The largest absolute Gasteiger partial charge is 0.489 e. The van der Waals surface area contributed by atoms with Gasteiger partial charge in [0.2, 0.25) is 0 Å². The van der Waals surface area contributed by atoms with Gasteiger partial charge in [-0.05, 0) is 47.0 Å². The Hall–Kier alpha value is -3.73. The smallest absolute Gasteiger partial charge is 0.308 e. The quantitative estimate of drug-likeness (QED) is 0.296. The molecule has 0 amide bonds. The third-order valence-corrected chi connectivity index (χ3v) is 4.29. The van der Waals surface area contributed by atoms with Crippen molar-refractivity contribution in [3.8, 4) is 11.5 Å². The Morgan fingerprint density at radius 2 is 1.63 bits per heavy atom. The van der Waals surface area contributed by atoms with Gasteiger partial charge < -0.3 is 9.47 Å². The highest BCUT2D eigenvalue weighted by Crippen LogP contribution is 2.20. The van der Waals surface area contributed by atoms with Crippen LogP contribution in [-0.4, -0.2) is 11.8 Å². The van der Waals surface area contributed by atoms with Gasteiger partial charge >= 0.3 is 5.97 Å². The third-order valence-electron chi connectivity index (χ3n) is 4.29. The number of hydrogen-bond acceptors (Lipinski definition) is 4. The predicted molar refractivity (Wildman–Crippen MR) is 113 cm³/mol. The van der Waals surface area contributed by atoms with E-state index in [0.717, 1.165) is 16.9 Å². The van der Waals surface area contributed by atoms with Crippen LogP contribution in [0.3, 0.4) is 0 Å². The molecule has 0 aliphatic rings. The summed E-state index contributed by atoms with van der Waals surface area (Å²) in [6.45, 7) is 1.56. The van der Waals surface area contributed by atoms with Crippen molar-refractivity contribution in [2.45, 2.75) is 20.0 Å². The molecule has 0 unspecified atom stereocenters. The fourth-order valence-corrected chi connectivity index (χ4v) is 2.84. The molecule has 3 aromatic rings. The van der Waals surface area contributed by atoms with E-state index in [4.69, 9.17) is 9.47 Å². The summed E-state index contributed by atoms with van der Waals surface area (Å²) < 4.78 is 24.3. The van der Waals surface area contributed by atoms with Crippen molar-refractivity contribution in [3.05, 3.63) is 101 Å². The highest BCUT2D eigenvalue weighted by molar-refractivity contribution is 5.95. The molecule has 0 aromatic heterocycles. The second kappa shape index (κ2) is 10.2. The third kappa shape index (κ3) is 6.14. The zero-order valence-corrected chi connectivity index (χ0v) is 16.5. The van der Waals surface area contributed by atoms with E-state index in [1.54, 1.807) is 6.08 Å². The van der Waals surface area contributed by atoms with Crippen LogP contribution in [-0.2, 0) is 22.6 Å². The number of ether oxygens (including phenoxy) is 2. The van der Waals surface area contributed by atoms with Gasteiger partial charge in [-0.2, -0.15) is 0 Å². The maximum atomic E-state index is 13.7. The van der Waals surface area contributed by atoms with Crippen LogP contribution < -0.4 is 9.47 Å². The summed E-state index contributed by atoms with van der Waals surface area (Å²) in [6.07, 6.45) is 3.21. The van der Waals surface area contributed by atoms with Crippen LogP contribution in [0.5, 0.6) is 11.5 Å². The molecule has 0 saturated carbocycles. The predicted octanol–water partition coefficient (Wildman–Crippen LogP) is 5.16. The molecule has 3 rings (SSSR count). The minimum Gasteiger partial charge on any atom is -0.489 e. The first-order chi connectivity index (χ1) is 14.5. The topological polar surface area (TPSA) is 52.6 Å². The Bertz CT molecular complexity index is 1060. The van der Waals surface area contributed by atoms with Crippen molar-refractivity contribution >= 4 is 17.8 Å². The SMILES string of the molecule is CC(=O)Oc1cc(/C=C/C(=O)Cc2ccccc2COc2ccccc2)ccc1F. The van der Waals surface area contributed by atoms with Crippen molar-refractivity contribution in [3.63, 3.8) is 0 Å². The lowest BCUT2D eigenvalue weighted by Crippen LogP contribution is -2.05. The molecule has 0 fully saturated rings. The monoisotopic (exact) mass is 404 g/mol. The number of halogens is 1. The van der Waals surface area contributed by atoms with Gasteiger partial charge in [-0.3, -0.25) is 9.59 Å². The molecule has 0 saturated heterocycles. The number of carbonyl (C=O) groups excluding carboxylic acids is 2. The van der Waals surface area contributed by atoms with Crippen LogP contribution in [0.25, 0.3) is 6.08 Å². The Labute approximate surface area is 174 Å². The zero-order valence-electron chi connectivity index (χ0n) is 16.5. The Morgan fingerprint density at radius 1 is 0.933 bits per heavy atom. The van der Waals surface area contributed by atoms with Crippen molar-refractivity contribution in [1.29, 1.82) is 0 Å². The molecule has 4 nitrogen and oxygen atoms in total. The number of benzene rings is 3. The number of para-hydroxylation sites is 1. The van der Waals surface area contributed by atoms with Crippen LogP contribution in [0.1, 0.15) is 23.6 Å². The number of rotatable bonds is 8. The molecule has 152 valence electrons. The van der Waals surface area contributed by atoms with Gasteiger partial charge in [-0.1, -0.05) is 54.6 Å². The van der Waals surface area contributed by atoms with Gasteiger partial charge in [0.05, 0.1) is 0 Å². The lowest BCUT2D eigenvalue weighted by Gasteiger charge is -2.10. The van der Waals surface area contributed by atoms with E-state index in [9.17, 15) is 14.0 Å². The Morgan fingerprint density at radius 3 is 2.37 bits per heavy atom. The van der Waals surface area contributed by atoms with Gasteiger partial charge in [-0.25, -0.2) is 4.39 Å². The standard InChI is InChI=1S/C25H21FO4/c1-18(27)30-25-15-19(12-14-24(25)26)11-13-22(28)16-20-7-5-6-8-21(20)17-29-23-9-3-2-4-10-23/h2-15H,16-17H2,1H3/b13-11+. The first-order valence-corrected chi connectivity index (χ1v) is 9.45. The normalized spacial score (nSPS) is 10.7. The van der Waals surface area contributed by atoms with Gasteiger partial charge in [0.25, 0.3) is 0 Å². The second-order valence-corrected chi connectivity index (χ2v) is 6.63. The van der Waals surface area contributed by atoms with Crippen molar-refractivity contribution in [2.24, 2.45) is 0 Å². The summed E-state index contributed by atoms with van der Waals surface area (Å²) in [5, 5.41) is 0. The molecule has 0 aliphatic heterocycles. The van der Waals surface area contributed by atoms with Gasteiger partial charge in [0.1, 0.15) is 12.4 Å². The van der Waals surface area contributed by atoms with Crippen molar-refractivity contribution in [1.82, 2.24) is 0 Å². The fourth-order valence-electron chi connectivity index (χ4n) is 2.84. The average molecular weight is 404 g/mol. The first-order valence-electron chi connectivity index (χ1n) is 9.45. The Kier molecular flexibility index (Phi) is 7.11. The first kappa shape index (κ1) is 21.0. The van der Waals surface area contributed by atoms with Gasteiger partial charge in [-0.15, -0.1) is 0 Å². The Balaban J connectivity index is 1.66. The number of allylic oxidation sites excluding steroid dienone is 1. The summed E-state index contributed by atoms with van der Waals surface area (Å²) in [6, 6.07) is 21.2. The number of esters is 1. The van der Waals surface area contributed by atoms with Crippen LogP contribution in [0.4, 0.5) is 4.39 Å². The minimum absolute atomic E-state index is 0.111. The van der Waals surface area contributed by atoms with E-state index in [2.05, 4.69) is 0 Å². The van der Waals surface area contributed by atoms with Gasteiger partial charge in [0.15, 0.2) is 17.3 Å². The van der Waals surface area contributed by atoms with E-state index < -0.39 is 11.8 Å². The summed E-state index contributed by atoms with van der Waals surface area (Å²) in [4.78, 5) is 23.5. The zero-order chi connectivity index (χ0) is 21.3. The molecule has 0 atom stereocenters. The van der Waals surface area contributed by atoms with Crippen LogP contribution >= 0.6 is 0 Å². The molecule has 0 heterocycles. The fraction of sp³-hybridized carbons (Fsp3) is 0.120. The maximum Gasteiger partial charge on any atom is 0.308 e. The summed E-state index contributed by atoms with van der Waals surface area (Å²) in [7, 11) is 0. The average Bonchev–Trinajstić information content (AvgIpc) is 2.74. The van der Waals surface area contributed by atoms with E-state index in [-0.39, 0.29) is 18.0 Å². The van der Waals surface area contributed by atoms with Crippen molar-refractivity contribution in [2.75, 3.05) is 0 Å². The molecule has 30 heavy (non-hydrogen) atoms. The molecule has 0 N–H and O–H groups in total. The second-order valence-electron chi connectivity index (χ2n) is 6.63. The van der Waals surface area contributed by atoms with Crippen LogP contribution in [0.15, 0.2) is 78.9 Å². The number of carbonyl (C=O) groups is 2. The van der Waals surface area contributed by atoms with Crippen LogP contribution in [0.2, 0.25) is 0 Å². The molecule has 0 aliphatic carbocycles. The van der Waals surface area contributed by atoms with E-state index in [0.29, 0.717) is 12.2 Å². The van der Waals surface area contributed by atoms with E-state index >= 15 is 0 Å². The van der Waals surface area contributed by atoms with E-state index in [1.165, 1.54) is 31.2 Å². The summed E-state index contributed by atoms with van der Waals surface area (Å²) >= 11 is 0. The number of hydrogen-bond donors (Lipinski definition) is 0. The highest BCUT2D eigenvalue weighted by atomic mass is 19.1. The van der Waals surface area contributed by atoms with Crippen molar-refractivity contribution < 1.29 is 23.5 Å². The molecule has 0 bridgehead atoms. The summed E-state index contributed by atoms with van der Waals surface area (Å²) in [5.41, 5.74) is 2.37.